The molecule has 1 unspecified atom stereocenters. The van der Waals surface area contributed by atoms with Gasteiger partial charge in [-0.25, -0.2) is 9.97 Å². The summed E-state index contributed by atoms with van der Waals surface area (Å²) in [6.45, 7) is 0. The number of anilines is 2. The van der Waals surface area contributed by atoms with Crippen LogP contribution in [0.5, 0.6) is 5.75 Å². The van der Waals surface area contributed by atoms with Crippen LogP contribution in [0, 0.1) is 0 Å². The average molecular weight is 453 g/mol. The summed E-state index contributed by atoms with van der Waals surface area (Å²) in [5.41, 5.74) is 2.28. The van der Waals surface area contributed by atoms with Crippen molar-refractivity contribution in [2.24, 2.45) is 0 Å². The zero-order valence-electron chi connectivity index (χ0n) is 16.9. The van der Waals surface area contributed by atoms with Crippen LogP contribution in [-0.4, -0.2) is 26.8 Å². The van der Waals surface area contributed by atoms with Gasteiger partial charge in [-0.3, -0.25) is 0 Å². The molecule has 0 saturated heterocycles. The quantitative estimate of drug-likeness (QED) is 0.429. The number of hydrogen-bond acceptors (Lipinski definition) is 6. The maximum absolute atomic E-state index is 11.5. The van der Waals surface area contributed by atoms with Crippen molar-refractivity contribution in [3.63, 3.8) is 0 Å². The lowest BCUT2D eigenvalue weighted by Crippen LogP contribution is -2.31. The summed E-state index contributed by atoms with van der Waals surface area (Å²) in [4.78, 5) is 9.98. The topological polar surface area (TPSA) is 72.2 Å². The lowest BCUT2D eigenvalue weighted by atomic mass is 9.81. The number of aryl methyl sites for hydroxylation is 1. The summed E-state index contributed by atoms with van der Waals surface area (Å²) in [6, 6.07) is 15.6. The van der Waals surface area contributed by atoms with E-state index in [0.717, 1.165) is 45.5 Å². The van der Waals surface area contributed by atoms with Crippen LogP contribution in [0.15, 0.2) is 61.1 Å². The highest BCUT2D eigenvalue weighted by Gasteiger charge is 2.39. The molecule has 0 spiro atoms. The fraction of sp³-hybridized carbons (Fsp3) is 0.217. The zero-order chi connectivity index (χ0) is 21.4. The number of benzene rings is 2. The molecule has 1 aliphatic rings. The summed E-state index contributed by atoms with van der Waals surface area (Å²) in [7, 11) is 1.63. The molecule has 1 atom stereocenters. The van der Waals surface area contributed by atoms with Gasteiger partial charge in [0.15, 0.2) is 5.13 Å². The smallest absolute Gasteiger partial charge is 0.187 e. The Morgan fingerprint density at radius 1 is 1.23 bits per heavy atom. The number of hydrogen-bond donors (Lipinski definition) is 2. The average Bonchev–Trinajstić information content (AvgIpc) is 3.41. The van der Waals surface area contributed by atoms with Crippen molar-refractivity contribution in [1.82, 2.24) is 14.5 Å². The molecule has 0 amide bonds. The Morgan fingerprint density at radius 2 is 2.06 bits per heavy atom. The molecule has 0 aliphatic heterocycles. The van der Waals surface area contributed by atoms with E-state index < -0.39 is 5.60 Å². The second-order valence-electron chi connectivity index (χ2n) is 7.49. The molecule has 2 aromatic heterocycles. The van der Waals surface area contributed by atoms with Crippen molar-refractivity contribution < 1.29 is 9.84 Å². The van der Waals surface area contributed by atoms with Crippen LogP contribution in [0.4, 0.5) is 10.8 Å². The van der Waals surface area contributed by atoms with Gasteiger partial charge in [-0.2, -0.15) is 0 Å². The van der Waals surface area contributed by atoms with E-state index in [1.807, 2.05) is 53.1 Å². The minimum absolute atomic E-state index is 0.420. The molecule has 2 N–H and O–H groups in total. The van der Waals surface area contributed by atoms with E-state index in [1.54, 1.807) is 31.0 Å². The lowest BCUT2D eigenvalue weighted by Gasteiger charge is -2.31. The molecule has 31 heavy (non-hydrogen) atoms. The highest BCUT2D eigenvalue weighted by atomic mass is 35.5. The van der Waals surface area contributed by atoms with E-state index in [2.05, 4.69) is 10.3 Å². The number of halogens is 1. The number of nitrogens with one attached hydrogen (secondary N) is 1. The molecular weight excluding hydrogens is 432 g/mol. The summed E-state index contributed by atoms with van der Waals surface area (Å²) in [5.74, 6) is 0.682. The summed E-state index contributed by atoms with van der Waals surface area (Å²) < 4.78 is 7.38. The molecule has 2 aromatic carbocycles. The number of rotatable bonds is 5. The summed E-state index contributed by atoms with van der Waals surface area (Å²) >= 11 is 7.54. The number of fused-ring (bicyclic) bond motifs is 1. The Hall–Kier alpha value is -2.87. The second-order valence-corrected chi connectivity index (χ2v) is 8.96. The van der Waals surface area contributed by atoms with Crippen molar-refractivity contribution in [1.29, 1.82) is 0 Å². The minimum Gasteiger partial charge on any atom is -0.494 e. The van der Waals surface area contributed by atoms with Gasteiger partial charge < -0.3 is 19.7 Å². The molecule has 0 fully saturated rings. The monoisotopic (exact) mass is 452 g/mol. The van der Waals surface area contributed by atoms with E-state index in [1.165, 1.54) is 0 Å². The van der Waals surface area contributed by atoms with Gasteiger partial charge in [-0.05, 0) is 37.0 Å². The van der Waals surface area contributed by atoms with Crippen molar-refractivity contribution in [2.75, 3.05) is 12.4 Å². The first-order valence-corrected chi connectivity index (χ1v) is 11.2. The second kappa shape index (κ2) is 8.00. The minimum atomic E-state index is -1.05. The maximum Gasteiger partial charge on any atom is 0.187 e. The number of thiazole rings is 1. The van der Waals surface area contributed by atoms with E-state index in [-0.39, 0.29) is 0 Å². The predicted molar refractivity (Wildman–Crippen MR) is 123 cm³/mol. The molecule has 158 valence electrons. The SMILES string of the molecule is COc1cc(Nc2nc3c(s2)CCCC3(O)c2ccccc2)ccc1-n1cnc(Cl)c1. The molecule has 8 heteroatoms. The van der Waals surface area contributed by atoms with Crippen molar-refractivity contribution in [3.8, 4) is 11.4 Å². The van der Waals surface area contributed by atoms with Gasteiger partial charge in [0.1, 0.15) is 22.8 Å². The van der Waals surface area contributed by atoms with Gasteiger partial charge in [-0.15, -0.1) is 11.3 Å². The molecule has 1 aliphatic carbocycles. The molecule has 6 nitrogen and oxygen atoms in total. The van der Waals surface area contributed by atoms with Crippen LogP contribution in [0.3, 0.4) is 0 Å². The Labute approximate surface area is 189 Å². The third-order valence-electron chi connectivity index (χ3n) is 5.54. The van der Waals surface area contributed by atoms with E-state index in [9.17, 15) is 5.11 Å². The van der Waals surface area contributed by atoms with Crippen LogP contribution >= 0.6 is 22.9 Å². The maximum atomic E-state index is 11.5. The largest absolute Gasteiger partial charge is 0.494 e. The molecule has 0 saturated carbocycles. The molecule has 5 rings (SSSR count). The number of nitrogens with zero attached hydrogens (tertiary/aromatic N) is 3. The Balaban J connectivity index is 1.45. The summed E-state index contributed by atoms with van der Waals surface area (Å²) in [5, 5.41) is 16.0. The Bertz CT molecular complexity index is 1220. The fourth-order valence-electron chi connectivity index (χ4n) is 4.04. The normalized spacial score (nSPS) is 17.9. The van der Waals surface area contributed by atoms with Crippen LogP contribution in [0.1, 0.15) is 29.0 Å². The van der Waals surface area contributed by atoms with Crippen molar-refractivity contribution in [3.05, 3.63) is 82.3 Å². The number of ether oxygens (including phenoxy) is 1. The van der Waals surface area contributed by atoms with Crippen LogP contribution in [0.2, 0.25) is 5.15 Å². The molecule has 0 radical (unpaired) electrons. The van der Waals surface area contributed by atoms with Crippen LogP contribution in [0.25, 0.3) is 5.69 Å². The van der Waals surface area contributed by atoms with Gasteiger partial charge in [0.25, 0.3) is 0 Å². The number of methoxy groups -OCH3 is 1. The van der Waals surface area contributed by atoms with Gasteiger partial charge in [-0.1, -0.05) is 41.9 Å². The van der Waals surface area contributed by atoms with Gasteiger partial charge in [0.2, 0.25) is 0 Å². The van der Waals surface area contributed by atoms with Gasteiger partial charge in [0, 0.05) is 22.8 Å². The standard InChI is InChI=1S/C23H21ClN4O2S/c1-30-18-12-16(9-10-17(18)28-13-20(24)25-14-28)26-22-27-21-19(31-22)8-5-11-23(21,29)15-6-3-2-4-7-15/h2-4,6-7,9-10,12-14,29H,5,8,11H2,1H3,(H,26,27). The number of aromatic nitrogens is 3. The third kappa shape index (κ3) is 3.69. The summed E-state index contributed by atoms with van der Waals surface area (Å²) in [6.07, 6.45) is 5.89. The van der Waals surface area contributed by atoms with Crippen molar-refractivity contribution >= 4 is 33.8 Å². The highest BCUT2D eigenvalue weighted by Crippen LogP contribution is 2.44. The molecule has 4 aromatic rings. The first-order valence-electron chi connectivity index (χ1n) is 10.00. The molecule has 0 bridgehead atoms. The zero-order valence-corrected chi connectivity index (χ0v) is 18.5. The van der Waals surface area contributed by atoms with Gasteiger partial charge in [0.05, 0.1) is 18.5 Å². The predicted octanol–water partition coefficient (Wildman–Crippen LogP) is 5.31. The first-order chi connectivity index (χ1) is 15.1. The first kappa shape index (κ1) is 20.1. The Morgan fingerprint density at radius 3 is 2.81 bits per heavy atom. The third-order valence-corrected chi connectivity index (χ3v) is 6.77. The molecule has 2 heterocycles. The Kier molecular flexibility index (Phi) is 5.17. The van der Waals surface area contributed by atoms with Crippen LogP contribution in [-0.2, 0) is 12.0 Å². The fourth-order valence-corrected chi connectivity index (χ4v) is 5.28. The number of imidazole rings is 1. The van der Waals surface area contributed by atoms with E-state index in [4.69, 9.17) is 21.3 Å². The number of aliphatic hydroxyl groups is 1. The van der Waals surface area contributed by atoms with Gasteiger partial charge >= 0.3 is 0 Å². The highest BCUT2D eigenvalue weighted by molar-refractivity contribution is 7.15. The van der Waals surface area contributed by atoms with Crippen molar-refractivity contribution in [2.45, 2.75) is 24.9 Å². The van der Waals surface area contributed by atoms with E-state index in [0.29, 0.717) is 17.3 Å². The van der Waals surface area contributed by atoms with E-state index >= 15 is 0 Å². The van der Waals surface area contributed by atoms with Crippen LogP contribution < -0.4 is 10.1 Å². The lowest BCUT2D eigenvalue weighted by molar-refractivity contribution is 0.0581. The molecular formula is C23H21ClN4O2S.